The topological polar surface area (TPSA) is 81.2 Å². The first-order chi connectivity index (χ1) is 12.1. The van der Waals surface area contributed by atoms with E-state index in [-0.39, 0.29) is 5.01 Å². The maximum atomic E-state index is 13.5. The number of benzene rings is 2. The van der Waals surface area contributed by atoms with Crippen LogP contribution in [-0.2, 0) is 19.7 Å². The van der Waals surface area contributed by atoms with Gasteiger partial charge in [-0.25, -0.2) is 30.6 Å². The van der Waals surface area contributed by atoms with E-state index in [1.54, 1.807) is 30.3 Å². The molecule has 0 fully saturated rings. The number of sulfone groups is 2. The minimum absolute atomic E-state index is 0.187. The molecule has 1 heterocycles. The zero-order chi connectivity index (χ0) is 19.1. The largest absolute Gasteiger partial charge is 0.226 e. The van der Waals surface area contributed by atoms with Crippen LogP contribution in [0.3, 0.4) is 0 Å². The van der Waals surface area contributed by atoms with Gasteiger partial charge in [-0.05, 0) is 18.2 Å². The first-order valence-corrected chi connectivity index (χ1v) is 11.3. The minimum Gasteiger partial charge on any atom is -0.223 e. The number of rotatable bonds is 4. The molecule has 0 saturated carbocycles. The Hall–Kier alpha value is -2.17. The number of hydrogen-bond acceptors (Lipinski definition) is 6. The fraction of sp³-hybridized carbons (Fsp3) is 0.0625. The van der Waals surface area contributed by atoms with E-state index in [0.29, 0.717) is 29.0 Å². The van der Waals surface area contributed by atoms with Crippen LogP contribution in [0.5, 0.6) is 0 Å². The van der Waals surface area contributed by atoms with Crippen LogP contribution >= 0.6 is 11.3 Å². The monoisotopic (exact) mass is 415 g/mol. The maximum Gasteiger partial charge on any atom is 0.226 e. The third-order valence-electron chi connectivity index (χ3n) is 3.38. The van der Waals surface area contributed by atoms with Gasteiger partial charge >= 0.3 is 0 Å². The molecule has 3 aromatic rings. The molecule has 0 atom stereocenters. The van der Waals surface area contributed by atoms with Crippen molar-refractivity contribution in [3.8, 4) is 10.6 Å². The van der Waals surface area contributed by atoms with Gasteiger partial charge in [0, 0.05) is 11.8 Å². The Morgan fingerprint density at radius 1 is 0.923 bits per heavy atom. The third kappa shape index (κ3) is 3.39. The lowest BCUT2D eigenvalue weighted by molar-refractivity contribution is 0.504. The Balaban J connectivity index is 2.26. The molecule has 0 saturated heterocycles. The van der Waals surface area contributed by atoms with Gasteiger partial charge in [-0.3, -0.25) is 0 Å². The van der Waals surface area contributed by atoms with Gasteiger partial charge in [0.25, 0.3) is 0 Å². The molecule has 0 N–H and O–H groups in total. The van der Waals surface area contributed by atoms with Crippen molar-refractivity contribution >= 4 is 31.0 Å². The van der Waals surface area contributed by atoms with E-state index in [0.717, 1.165) is 12.3 Å². The van der Waals surface area contributed by atoms with Gasteiger partial charge in [-0.2, -0.15) is 0 Å². The number of thiazole rings is 1. The molecule has 26 heavy (non-hydrogen) atoms. The predicted molar refractivity (Wildman–Crippen MR) is 92.5 cm³/mol. The molecule has 0 amide bonds. The van der Waals surface area contributed by atoms with Crippen LogP contribution in [0.2, 0.25) is 0 Å². The summed E-state index contributed by atoms with van der Waals surface area (Å²) in [5.41, 5.74) is 0.536. The van der Waals surface area contributed by atoms with Crippen LogP contribution in [0.15, 0.2) is 62.7 Å². The second-order valence-corrected chi connectivity index (χ2v) is 10.4. The second-order valence-electron chi connectivity index (χ2n) is 5.33. The van der Waals surface area contributed by atoms with Gasteiger partial charge in [0.2, 0.25) is 9.84 Å². The summed E-state index contributed by atoms with van der Waals surface area (Å²) in [6, 6.07) is 10.5. The van der Waals surface area contributed by atoms with Gasteiger partial charge in [-0.1, -0.05) is 30.3 Å². The first kappa shape index (κ1) is 18.6. The molecule has 1 aromatic heterocycles. The number of nitrogens with zero attached hydrogens (tertiary/aromatic N) is 1. The predicted octanol–water partition coefficient (Wildman–Crippen LogP) is 3.32. The Morgan fingerprint density at radius 3 is 2.15 bits per heavy atom. The lowest BCUT2D eigenvalue weighted by Gasteiger charge is -2.04. The van der Waals surface area contributed by atoms with Gasteiger partial charge in [0.15, 0.2) is 30.7 Å². The highest BCUT2D eigenvalue weighted by Gasteiger charge is 2.32. The Kier molecular flexibility index (Phi) is 4.67. The zero-order valence-electron chi connectivity index (χ0n) is 13.2. The van der Waals surface area contributed by atoms with E-state index in [1.165, 1.54) is 0 Å². The molecule has 0 radical (unpaired) electrons. The molecule has 0 aliphatic rings. The highest BCUT2D eigenvalue weighted by Crippen LogP contribution is 2.36. The Bertz CT molecular complexity index is 1190. The van der Waals surface area contributed by atoms with E-state index in [4.69, 9.17) is 0 Å². The van der Waals surface area contributed by atoms with Crippen LogP contribution in [0.1, 0.15) is 0 Å². The summed E-state index contributed by atoms with van der Waals surface area (Å²) in [4.78, 5) is 3.40. The molecule has 10 heteroatoms. The van der Waals surface area contributed by atoms with E-state index >= 15 is 0 Å². The van der Waals surface area contributed by atoms with Crippen molar-refractivity contribution in [2.75, 3.05) is 6.26 Å². The number of hydrogen-bond donors (Lipinski definition) is 0. The molecule has 3 rings (SSSR count). The maximum absolute atomic E-state index is 13.5. The summed E-state index contributed by atoms with van der Waals surface area (Å²) in [5, 5.41) is -0.512. The first-order valence-electron chi connectivity index (χ1n) is 7.07. The van der Waals surface area contributed by atoms with Crippen LogP contribution in [0, 0.1) is 11.6 Å². The third-order valence-corrected chi connectivity index (χ3v) is 8.24. The standard InChI is InChI=1S/C16H11F2NO4S3/c1-25(20,21)16-15(19-14(24-16)10-5-3-2-4-6-10)26(22,23)11-7-8-12(17)13(18)9-11/h2-9H,1H3. The van der Waals surface area contributed by atoms with E-state index in [9.17, 15) is 25.6 Å². The zero-order valence-corrected chi connectivity index (χ0v) is 15.6. The molecule has 0 bridgehead atoms. The molecule has 0 spiro atoms. The lowest BCUT2D eigenvalue weighted by Crippen LogP contribution is -2.08. The quantitative estimate of drug-likeness (QED) is 0.611. The fourth-order valence-electron chi connectivity index (χ4n) is 2.16. The molecule has 0 aliphatic carbocycles. The van der Waals surface area contributed by atoms with Gasteiger partial charge in [0.05, 0.1) is 4.90 Å². The van der Waals surface area contributed by atoms with Crippen LogP contribution in [0.4, 0.5) is 8.78 Å². The summed E-state index contributed by atoms with van der Waals surface area (Å²) in [6.07, 6.45) is 0.861. The van der Waals surface area contributed by atoms with Crippen molar-refractivity contribution in [1.29, 1.82) is 0 Å². The van der Waals surface area contributed by atoms with Crippen molar-refractivity contribution in [3.05, 3.63) is 60.2 Å². The SMILES string of the molecule is CS(=O)(=O)c1sc(-c2ccccc2)nc1S(=O)(=O)c1ccc(F)c(F)c1. The van der Waals surface area contributed by atoms with Crippen LogP contribution in [-0.4, -0.2) is 28.1 Å². The second kappa shape index (κ2) is 6.53. The molecule has 0 unspecified atom stereocenters. The number of halogens is 2. The molecular formula is C16H11F2NO4S3. The lowest BCUT2D eigenvalue weighted by atomic mass is 10.2. The average molecular weight is 415 g/mol. The van der Waals surface area contributed by atoms with Crippen LogP contribution in [0.25, 0.3) is 10.6 Å². The van der Waals surface area contributed by atoms with Gasteiger partial charge in [0.1, 0.15) is 5.01 Å². The Morgan fingerprint density at radius 2 is 1.58 bits per heavy atom. The highest BCUT2D eigenvalue weighted by atomic mass is 32.2. The van der Waals surface area contributed by atoms with Crippen molar-refractivity contribution < 1.29 is 25.6 Å². The number of aromatic nitrogens is 1. The van der Waals surface area contributed by atoms with Crippen molar-refractivity contribution in [1.82, 2.24) is 4.98 Å². The smallest absolute Gasteiger partial charge is 0.223 e. The minimum atomic E-state index is -4.47. The highest BCUT2D eigenvalue weighted by molar-refractivity contribution is 7.95. The molecular weight excluding hydrogens is 404 g/mol. The van der Waals surface area contributed by atoms with E-state index in [1.807, 2.05) is 0 Å². The molecule has 136 valence electrons. The van der Waals surface area contributed by atoms with E-state index < -0.39 is 45.4 Å². The summed E-state index contributed by atoms with van der Waals surface area (Å²) < 4.78 is 75.8. The average Bonchev–Trinajstić information content (AvgIpc) is 3.04. The van der Waals surface area contributed by atoms with Gasteiger partial charge in [-0.15, -0.1) is 11.3 Å². The van der Waals surface area contributed by atoms with Gasteiger partial charge < -0.3 is 0 Å². The molecule has 0 aliphatic heterocycles. The van der Waals surface area contributed by atoms with E-state index in [2.05, 4.69) is 4.98 Å². The summed E-state index contributed by atoms with van der Waals surface area (Å²) in [6.45, 7) is 0. The van der Waals surface area contributed by atoms with Crippen molar-refractivity contribution in [2.45, 2.75) is 14.1 Å². The summed E-state index contributed by atoms with van der Waals surface area (Å²) in [5.74, 6) is -2.57. The summed E-state index contributed by atoms with van der Waals surface area (Å²) in [7, 11) is -8.39. The molecule has 2 aromatic carbocycles. The fourth-order valence-corrected chi connectivity index (χ4v) is 6.52. The normalized spacial score (nSPS) is 12.3. The van der Waals surface area contributed by atoms with Crippen LogP contribution < -0.4 is 0 Å². The molecule has 5 nitrogen and oxygen atoms in total. The Labute approximate surface area is 152 Å². The van der Waals surface area contributed by atoms with Crippen molar-refractivity contribution in [2.24, 2.45) is 0 Å². The summed E-state index contributed by atoms with van der Waals surface area (Å²) >= 11 is 0.702. The van der Waals surface area contributed by atoms with Crippen molar-refractivity contribution in [3.63, 3.8) is 0 Å².